The van der Waals surface area contributed by atoms with Gasteiger partial charge in [0.1, 0.15) is 5.75 Å². The summed E-state index contributed by atoms with van der Waals surface area (Å²) < 4.78 is 55.0. The van der Waals surface area contributed by atoms with Crippen LogP contribution in [0.4, 0.5) is 17.6 Å². The molecular formula is C20H22BrF4N3O2. The fourth-order valence-electron chi connectivity index (χ4n) is 3.56. The van der Waals surface area contributed by atoms with E-state index in [4.69, 9.17) is 0 Å². The number of benzene rings is 1. The Morgan fingerprint density at radius 3 is 2.43 bits per heavy atom. The Labute approximate surface area is 179 Å². The lowest BCUT2D eigenvalue weighted by atomic mass is 9.90. The van der Waals surface area contributed by atoms with Crippen LogP contribution in [0.15, 0.2) is 28.9 Å². The molecule has 1 aliphatic carbocycles. The molecule has 5 nitrogen and oxygen atoms in total. The molecule has 3 rings (SSSR count). The molecule has 2 aromatic rings. The predicted octanol–water partition coefficient (Wildman–Crippen LogP) is 4.88. The third-order valence-electron chi connectivity index (χ3n) is 5.15. The lowest BCUT2D eigenvalue weighted by Crippen LogP contribution is -2.46. The number of carbonyl (C=O) groups excluding carboxylic acids is 1. The Bertz CT molecular complexity index is 892. The minimum atomic E-state index is -2.95. The van der Waals surface area contributed by atoms with Crippen LogP contribution in [0.5, 0.6) is 5.75 Å². The number of hydrogen-bond acceptors (Lipinski definition) is 4. The molecule has 1 amide bonds. The van der Waals surface area contributed by atoms with Gasteiger partial charge in [-0.05, 0) is 60.7 Å². The molecule has 164 valence electrons. The molecule has 1 heterocycles. The first-order valence-electron chi connectivity index (χ1n) is 9.62. The highest BCUT2D eigenvalue weighted by Crippen LogP contribution is 2.31. The zero-order valence-corrected chi connectivity index (χ0v) is 17.8. The van der Waals surface area contributed by atoms with E-state index in [1.807, 2.05) is 0 Å². The molecule has 10 heteroatoms. The van der Waals surface area contributed by atoms with Gasteiger partial charge in [-0.2, -0.15) is 8.78 Å². The molecule has 0 saturated heterocycles. The van der Waals surface area contributed by atoms with Gasteiger partial charge in [-0.3, -0.25) is 9.78 Å². The Balaban J connectivity index is 1.60. The number of pyridine rings is 1. The van der Waals surface area contributed by atoms with Crippen molar-refractivity contribution in [3.8, 4) is 5.75 Å². The first-order chi connectivity index (χ1) is 14.2. The summed E-state index contributed by atoms with van der Waals surface area (Å²) in [6.07, 6.45) is 1.78. The smallest absolute Gasteiger partial charge is 0.387 e. The Morgan fingerprint density at radius 1 is 1.13 bits per heavy atom. The monoisotopic (exact) mass is 491 g/mol. The van der Waals surface area contributed by atoms with Gasteiger partial charge in [-0.25, -0.2) is 8.78 Å². The summed E-state index contributed by atoms with van der Waals surface area (Å²) in [6.45, 7) is -1.49. The Morgan fingerprint density at radius 2 is 1.80 bits per heavy atom. The highest BCUT2D eigenvalue weighted by molar-refractivity contribution is 9.10. The zero-order chi connectivity index (χ0) is 21.8. The predicted molar refractivity (Wildman–Crippen MR) is 108 cm³/mol. The van der Waals surface area contributed by atoms with Crippen molar-refractivity contribution in [1.29, 1.82) is 0 Å². The molecule has 2 N–H and O–H groups in total. The molecule has 1 aliphatic rings. The third-order valence-corrected chi connectivity index (χ3v) is 5.77. The molecule has 1 aromatic carbocycles. The van der Waals surface area contributed by atoms with E-state index in [0.29, 0.717) is 46.6 Å². The Kier molecular flexibility index (Phi) is 7.51. The van der Waals surface area contributed by atoms with Gasteiger partial charge in [0, 0.05) is 29.7 Å². The average molecular weight is 492 g/mol. The number of fused-ring (bicyclic) bond motifs is 1. The van der Waals surface area contributed by atoms with Gasteiger partial charge in [-0.1, -0.05) is 0 Å². The first kappa shape index (κ1) is 22.7. The van der Waals surface area contributed by atoms with E-state index in [1.165, 1.54) is 19.2 Å². The van der Waals surface area contributed by atoms with Crippen molar-refractivity contribution in [2.75, 3.05) is 0 Å². The first-order valence-corrected chi connectivity index (χ1v) is 10.4. The molecule has 0 radical (unpaired) electrons. The summed E-state index contributed by atoms with van der Waals surface area (Å²) in [7, 11) is 0. The van der Waals surface area contributed by atoms with Crippen molar-refractivity contribution in [3.05, 3.63) is 34.4 Å². The number of halogens is 5. The molecule has 1 aromatic heterocycles. The van der Waals surface area contributed by atoms with Crippen molar-refractivity contribution in [3.63, 3.8) is 0 Å². The van der Waals surface area contributed by atoms with Crippen LogP contribution >= 0.6 is 15.9 Å². The van der Waals surface area contributed by atoms with Crippen LogP contribution in [0.25, 0.3) is 10.9 Å². The number of alkyl halides is 4. The van der Waals surface area contributed by atoms with E-state index in [2.05, 4.69) is 36.3 Å². The van der Waals surface area contributed by atoms with E-state index >= 15 is 0 Å². The van der Waals surface area contributed by atoms with Crippen LogP contribution < -0.4 is 15.4 Å². The molecule has 1 atom stereocenters. The van der Waals surface area contributed by atoms with Gasteiger partial charge in [0.05, 0.1) is 21.6 Å². The van der Waals surface area contributed by atoms with Gasteiger partial charge in [0.2, 0.25) is 0 Å². The fraction of sp³-hybridized carbons (Fsp3) is 0.500. The normalized spacial score (nSPS) is 20.5. The minimum Gasteiger partial charge on any atom is -0.434 e. The van der Waals surface area contributed by atoms with E-state index in [-0.39, 0.29) is 23.7 Å². The number of ether oxygens (including phenoxy) is 1. The summed E-state index contributed by atoms with van der Waals surface area (Å²) in [5.41, 5.74) is 0.772. The molecule has 0 spiro atoms. The van der Waals surface area contributed by atoms with Crippen LogP contribution in [0.3, 0.4) is 0 Å². The summed E-state index contributed by atoms with van der Waals surface area (Å²) in [5, 5.41) is 6.49. The van der Waals surface area contributed by atoms with Crippen molar-refractivity contribution in [2.45, 2.75) is 63.8 Å². The highest BCUT2D eigenvalue weighted by Gasteiger charge is 2.26. The van der Waals surface area contributed by atoms with Gasteiger partial charge in [0.15, 0.2) is 0 Å². The van der Waals surface area contributed by atoms with E-state index in [0.717, 1.165) is 0 Å². The summed E-state index contributed by atoms with van der Waals surface area (Å²) in [6, 6.07) is 3.70. The maximum Gasteiger partial charge on any atom is 0.387 e. The lowest BCUT2D eigenvalue weighted by molar-refractivity contribution is -0.0502. The van der Waals surface area contributed by atoms with Crippen molar-refractivity contribution < 1.29 is 27.1 Å². The lowest BCUT2D eigenvalue weighted by Gasteiger charge is -2.31. The van der Waals surface area contributed by atoms with Gasteiger partial charge < -0.3 is 15.4 Å². The number of amides is 1. The molecular weight excluding hydrogens is 470 g/mol. The minimum absolute atomic E-state index is 0.0199. The molecule has 30 heavy (non-hydrogen) atoms. The topological polar surface area (TPSA) is 63.2 Å². The zero-order valence-electron chi connectivity index (χ0n) is 16.2. The molecule has 1 saturated carbocycles. The second-order valence-corrected chi connectivity index (χ2v) is 8.24. The van der Waals surface area contributed by atoms with Crippen molar-refractivity contribution in [2.24, 2.45) is 0 Å². The SMILES string of the molecule is CC(NC1CCC(NC(=O)c2cnc3cc(OC(F)F)c(Br)cc3c2)CC1)C(F)F. The number of nitrogens with zero attached hydrogens (tertiary/aromatic N) is 1. The van der Waals surface area contributed by atoms with E-state index in [9.17, 15) is 22.4 Å². The van der Waals surface area contributed by atoms with Crippen LogP contribution in [-0.2, 0) is 0 Å². The number of rotatable bonds is 7. The second kappa shape index (κ2) is 9.91. The summed E-state index contributed by atoms with van der Waals surface area (Å²) >= 11 is 3.18. The second-order valence-electron chi connectivity index (χ2n) is 7.39. The van der Waals surface area contributed by atoms with Crippen LogP contribution in [0.2, 0.25) is 0 Å². The maximum atomic E-state index is 12.7. The van der Waals surface area contributed by atoms with Crippen LogP contribution in [0, 0.1) is 0 Å². The molecule has 0 aliphatic heterocycles. The maximum absolute atomic E-state index is 12.7. The molecule has 1 fully saturated rings. The molecule has 0 bridgehead atoms. The van der Waals surface area contributed by atoms with Gasteiger partial charge in [-0.15, -0.1) is 0 Å². The largest absolute Gasteiger partial charge is 0.434 e. The standard InChI is InChI=1S/C20H22BrF4N3O2/c1-10(18(22)23)27-13-2-4-14(5-3-13)28-19(29)12-6-11-7-15(21)17(30-20(24)25)8-16(11)26-9-12/h6-10,13-14,18,20,27H,2-5H2,1H3,(H,28,29). The number of carbonyl (C=O) groups is 1. The van der Waals surface area contributed by atoms with Gasteiger partial charge in [0.25, 0.3) is 12.3 Å². The van der Waals surface area contributed by atoms with Gasteiger partial charge >= 0.3 is 6.61 Å². The van der Waals surface area contributed by atoms with Crippen molar-refractivity contribution >= 4 is 32.7 Å². The highest BCUT2D eigenvalue weighted by atomic mass is 79.9. The third kappa shape index (κ3) is 5.81. The average Bonchev–Trinajstić information content (AvgIpc) is 2.69. The van der Waals surface area contributed by atoms with Crippen LogP contribution in [0.1, 0.15) is 43.0 Å². The number of nitrogens with one attached hydrogen (secondary N) is 2. The van der Waals surface area contributed by atoms with E-state index in [1.54, 1.807) is 12.1 Å². The Hall–Kier alpha value is -1.94. The quantitative estimate of drug-likeness (QED) is 0.541. The van der Waals surface area contributed by atoms with Crippen molar-refractivity contribution in [1.82, 2.24) is 15.6 Å². The summed E-state index contributed by atoms with van der Waals surface area (Å²) in [5.74, 6) is -0.320. The van der Waals surface area contributed by atoms with E-state index < -0.39 is 19.1 Å². The fourth-order valence-corrected chi connectivity index (χ4v) is 4.01. The number of hydrogen-bond donors (Lipinski definition) is 2. The summed E-state index contributed by atoms with van der Waals surface area (Å²) in [4.78, 5) is 16.8. The van der Waals surface area contributed by atoms with Crippen LogP contribution in [-0.4, -0.2) is 42.1 Å². The molecule has 1 unspecified atom stereocenters. The number of aromatic nitrogens is 1.